The Morgan fingerprint density at radius 3 is 2.47 bits per heavy atom. The lowest BCUT2D eigenvalue weighted by molar-refractivity contribution is -0.385. The van der Waals surface area contributed by atoms with Crippen LogP contribution in [0.1, 0.15) is 26.6 Å². The van der Waals surface area contributed by atoms with Crippen molar-refractivity contribution in [2.45, 2.75) is 32.8 Å². The lowest BCUT2D eigenvalue weighted by atomic mass is 10.2. The molecule has 0 spiro atoms. The predicted molar refractivity (Wildman–Crippen MR) is 66.6 cm³/mol. The number of carbonyl (C=O) groups is 1. The molecule has 0 fully saturated rings. The number of hydrogen-bond donors (Lipinski definition) is 1. The fourth-order valence-corrected chi connectivity index (χ4v) is 1.16. The standard InChI is InChI=1S/C11H16N4O4/c1-11(2,3)19-10(16)12-5-4-9-13-6-8(7-14-9)15(17)18/h6-7H,4-5H2,1-3H3,(H,12,16). The number of carbonyl (C=O) groups excluding carboxylic acids is 1. The molecule has 8 nitrogen and oxygen atoms in total. The molecule has 1 heterocycles. The summed E-state index contributed by atoms with van der Waals surface area (Å²) in [4.78, 5) is 28.8. The molecule has 0 saturated heterocycles. The van der Waals surface area contributed by atoms with E-state index in [1.54, 1.807) is 20.8 Å². The Balaban J connectivity index is 2.37. The van der Waals surface area contributed by atoms with Gasteiger partial charge in [0.05, 0.1) is 4.92 Å². The van der Waals surface area contributed by atoms with E-state index in [1.165, 1.54) is 0 Å². The molecule has 0 radical (unpaired) electrons. The Morgan fingerprint density at radius 1 is 1.42 bits per heavy atom. The number of nitrogens with one attached hydrogen (secondary N) is 1. The lowest BCUT2D eigenvalue weighted by Gasteiger charge is -2.19. The van der Waals surface area contributed by atoms with Gasteiger partial charge in [0.1, 0.15) is 23.8 Å². The third-order valence-electron chi connectivity index (χ3n) is 1.92. The van der Waals surface area contributed by atoms with Gasteiger partial charge in [-0.15, -0.1) is 0 Å². The smallest absolute Gasteiger partial charge is 0.407 e. The number of aromatic nitrogens is 2. The monoisotopic (exact) mass is 268 g/mol. The topological polar surface area (TPSA) is 107 Å². The molecule has 0 aliphatic rings. The van der Waals surface area contributed by atoms with Crippen molar-refractivity contribution in [1.82, 2.24) is 15.3 Å². The largest absolute Gasteiger partial charge is 0.444 e. The summed E-state index contributed by atoms with van der Waals surface area (Å²) in [6.45, 7) is 5.61. The fraction of sp³-hybridized carbons (Fsp3) is 0.545. The van der Waals surface area contributed by atoms with Crippen LogP contribution >= 0.6 is 0 Å². The van der Waals surface area contributed by atoms with E-state index in [9.17, 15) is 14.9 Å². The highest BCUT2D eigenvalue weighted by atomic mass is 16.6. The third-order valence-corrected chi connectivity index (χ3v) is 1.92. The molecule has 1 rings (SSSR count). The molecule has 19 heavy (non-hydrogen) atoms. The third kappa shape index (κ3) is 5.75. The summed E-state index contributed by atoms with van der Waals surface area (Å²) >= 11 is 0. The zero-order chi connectivity index (χ0) is 14.5. The van der Waals surface area contributed by atoms with E-state index < -0.39 is 16.6 Å². The Hall–Kier alpha value is -2.25. The van der Waals surface area contributed by atoms with E-state index in [-0.39, 0.29) is 5.69 Å². The van der Waals surface area contributed by atoms with E-state index in [2.05, 4.69) is 15.3 Å². The number of amides is 1. The normalized spacial score (nSPS) is 10.9. The molecule has 1 N–H and O–H groups in total. The first-order chi connectivity index (χ1) is 8.78. The van der Waals surface area contributed by atoms with Gasteiger partial charge in [-0.1, -0.05) is 0 Å². The summed E-state index contributed by atoms with van der Waals surface area (Å²) < 4.78 is 5.05. The van der Waals surface area contributed by atoms with Gasteiger partial charge in [0, 0.05) is 13.0 Å². The molecule has 0 atom stereocenters. The minimum atomic E-state index is -0.567. The molecule has 1 aromatic rings. The van der Waals surface area contributed by atoms with Gasteiger partial charge in [0.25, 0.3) is 0 Å². The molecule has 1 aromatic heterocycles. The molecular formula is C11H16N4O4. The summed E-state index contributed by atoms with van der Waals surface area (Å²) in [5.74, 6) is 0.418. The van der Waals surface area contributed by atoms with E-state index in [0.29, 0.717) is 18.8 Å². The van der Waals surface area contributed by atoms with Crippen molar-refractivity contribution in [1.29, 1.82) is 0 Å². The first-order valence-corrected chi connectivity index (χ1v) is 5.70. The highest BCUT2D eigenvalue weighted by Crippen LogP contribution is 2.07. The molecule has 0 bridgehead atoms. The Bertz CT molecular complexity index is 453. The zero-order valence-corrected chi connectivity index (χ0v) is 11.0. The maximum atomic E-state index is 11.3. The molecule has 0 aromatic carbocycles. The SMILES string of the molecule is CC(C)(C)OC(=O)NCCc1ncc([N+](=O)[O-])cn1. The van der Waals surface area contributed by atoms with Gasteiger partial charge in [-0.3, -0.25) is 10.1 Å². The second kappa shape index (κ2) is 6.07. The van der Waals surface area contributed by atoms with Gasteiger partial charge in [0.2, 0.25) is 0 Å². The van der Waals surface area contributed by atoms with Crippen LogP contribution in [0.3, 0.4) is 0 Å². The Morgan fingerprint density at radius 2 is 2.00 bits per heavy atom. The number of rotatable bonds is 4. The molecule has 0 aliphatic carbocycles. The molecule has 8 heteroatoms. The van der Waals surface area contributed by atoms with Crippen molar-refractivity contribution < 1.29 is 14.5 Å². The fourth-order valence-electron chi connectivity index (χ4n) is 1.16. The minimum absolute atomic E-state index is 0.163. The maximum absolute atomic E-state index is 11.3. The quantitative estimate of drug-likeness (QED) is 0.654. The van der Waals surface area contributed by atoms with Gasteiger partial charge < -0.3 is 10.1 Å². The number of alkyl carbamates (subject to hydrolysis) is 1. The number of nitro groups is 1. The van der Waals surface area contributed by atoms with Crippen LogP contribution in [0, 0.1) is 10.1 Å². The van der Waals surface area contributed by atoms with Crippen LogP contribution in [-0.2, 0) is 11.2 Å². The van der Waals surface area contributed by atoms with Gasteiger partial charge >= 0.3 is 11.8 Å². The second-order valence-corrected chi connectivity index (χ2v) is 4.79. The summed E-state index contributed by atoms with van der Waals surface area (Å²) in [6, 6.07) is 0. The summed E-state index contributed by atoms with van der Waals surface area (Å²) in [5.41, 5.74) is -0.711. The van der Waals surface area contributed by atoms with Crippen LogP contribution in [0.4, 0.5) is 10.5 Å². The lowest BCUT2D eigenvalue weighted by Crippen LogP contribution is -2.33. The summed E-state index contributed by atoms with van der Waals surface area (Å²) in [6.07, 6.45) is 2.12. The van der Waals surface area contributed by atoms with Crippen molar-refractivity contribution in [3.63, 3.8) is 0 Å². The van der Waals surface area contributed by atoms with Crippen molar-refractivity contribution in [3.05, 3.63) is 28.3 Å². The zero-order valence-electron chi connectivity index (χ0n) is 11.0. The number of hydrogen-bond acceptors (Lipinski definition) is 6. The van der Waals surface area contributed by atoms with E-state index in [0.717, 1.165) is 12.4 Å². The van der Waals surface area contributed by atoms with E-state index in [1.807, 2.05) is 0 Å². The van der Waals surface area contributed by atoms with Crippen LogP contribution in [-0.4, -0.2) is 33.1 Å². The van der Waals surface area contributed by atoms with E-state index >= 15 is 0 Å². The minimum Gasteiger partial charge on any atom is -0.444 e. The first-order valence-electron chi connectivity index (χ1n) is 5.70. The highest BCUT2D eigenvalue weighted by molar-refractivity contribution is 5.67. The van der Waals surface area contributed by atoms with Gasteiger partial charge in [-0.25, -0.2) is 14.8 Å². The van der Waals surface area contributed by atoms with Crippen molar-refractivity contribution in [2.24, 2.45) is 0 Å². The Kier molecular flexibility index (Phi) is 4.74. The van der Waals surface area contributed by atoms with Crippen molar-refractivity contribution >= 4 is 11.8 Å². The van der Waals surface area contributed by atoms with E-state index in [4.69, 9.17) is 4.74 Å². The molecular weight excluding hydrogens is 252 g/mol. The van der Waals surface area contributed by atoms with Crippen LogP contribution in [0.5, 0.6) is 0 Å². The van der Waals surface area contributed by atoms with Gasteiger partial charge in [-0.2, -0.15) is 0 Å². The van der Waals surface area contributed by atoms with Crippen molar-refractivity contribution in [3.8, 4) is 0 Å². The average molecular weight is 268 g/mol. The van der Waals surface area contributed by atoms with Crippen LogP contribution in [0.2, 0.25) is 0 Å². The van der Waals surface area contributed by atoms with Gasteiger partial charge in [-0.05, 0) is 20.8 Å². The van der Waals surface area contributed by atoms with Crippen molar-refractivity contribution in [2.75, 3.05) is 6.54 Å². The molecule has 0 aliphatic heterocycles. The van der Waals surface area contributed by atoms with Gasteiger partial charge in [0.15, 0.2) is 0 Å². The summed E-state index contributed by atoms with van der Waals surface area (Å²) in [5, 5.41) is 13.0. The maximum Gasteiger partial charge on any atom is 0.407 e. The first kappa shape index (κ1) is 14.8. The second-order valence-electron chi connectivity index (χ2n) is 4.79. The molecule has 1 amide bonds. The number of nitrogens with zero attached hydrogens (tertiary/aromatic N) is 3. The highest BCUT2D eigenvalue weighted by Gasteiger charge is 2.15. The molecule has 0 saturated carbocycles. The average Bonchev–Trinajstić information content (AvgIpc) is 2.27. The summed E-state index contributed by atoms with van der Waals surface area (Å²) in [7, 11) is 0. The van der Waals surface area contributed by atoms with Crippen LogP contribution < -0.4 is 5.32 Å². The number of ether oxygens (including phenoxy) is 1. The Labute approximate surface area is 110 Å². The molecule has 104 valence electrons. The van der Waals surface area contributed by atoms with Crippen LogP contribution in [0.15, 0.2) is 12.4 Å². The molecule has 0 unspecified atom stereocenters. The van der Waals surface area contributed by atoms with Crippen LogP contribution in [0.25, 0.3) is 0 Å². The predicted octanol–water partition coefficient (Wildman–Crippen LogP) is 1.45.